The number of hydrogen-bond acceptors (Lipinski definition) is 7. The summed E-state index contributed by atoms with van der Waals surface area (Å²) >= 11 is 1.69. The summed E-state index contributed by atoms with van der Waals surface area (Å²) in [5.74, 6) is 0.620. The highest BCUT2D eigenvalue weighted by Gasteiger charge is 2.32. The molecule has 3 atom stereocenters. The van der Waals surface area contributed by atoms with Crippen molar-refractivity contribution in [1.82, 2.24) is 5.32 Å². The van der Waals surface area contributed by atoms with E-state index in [1.54, 1.807) is 18.9 Å². The van der Waals surface area contributed by atoms with Crippen LogP contribution in [0.4, 0.5) is 0 Å². The van der Waals surface area contributed by atoms with Crippen LogP contribution in [0.1, 0.15) is 66.8 Å². The van der Waals surface area contributed by atoms with Gasteiger partial charge in [-0.1, -0.05) is 60.7 Å². The lowest BCUT2D eigenvalue weighted by atomic mass is 10.0. The molecule has 3 unspecified atom stereocenters. The number of aliphatic carboxylic acids is 1. The number of aliphatic hydroxyl groups is 1. The standard InChI is InChI=1S/C32H37NO7S/c1-38-27-6-2-3-7-29(27)41-21-26-18-28(24-14-12-23(20-34)13-15-24)40-32(39-26)25-16-10-22(11-17-25)19-33-30(35)8-4-5-9-31(36)37/h2-3,6-7,10-17,26,28,32,34H,4-5,8-9,18-21H2,1H3,(H,33,35)(H,36,37). The van der Waals surface area contributed by atoms with Crippen LogP contribution in [0.2, 0.25) is 0 Å². The molecule has 0 aliphatic carbocycles. The second kappa shape index (κ2) is 15.6. The Hall–Kier alpha value is -3.37. The zero-order chi connectivity index (χ0) is 29.0. The van der Waals surface area contributed by atoms with Gasteiger partial charge in [0.2, 0.25) is 5.91 Å². The first kappa shape index (κ1) is 30.6. The van der Waals surface area contributed by atoms with E-state index in [1.165, 1.54) is 0 Å². The fourth-order valence-electron chi connectivity index (χ4n) is 4.59. The summed E-state index contributed by atoms with van der Waals surface area (Å²) in [5.41, 5.74) is 3.72. The molecule has 1 aliphatic heterocycles. The van der Waals surface area contributed by atoms with Gasteiger partial charge in [0.15, 0.2) is 6.29 Å². The van der Waals surface area contributed by atoms with Crippen LogP contribution in [-0.2, 0) is 32.2 Å². The lowest BCUT2D eigenvalue weighted by molar-refractivity contribution is -0.245. The van der Waals surface area contributed by atoms with Gasteiger partial charge in [-0.25, -0.2) is 0 Å². The Labute approximate surface area is 245 Å². The summed E-state index contributed by atoms with van der Waals surface area (Å²) < 4.78 is 18.4. The quantitative estimate of drug-likeness (QED) is 0.163. The van der Waals surface area contributed by atoms with Gasteiger partial charge in [0, 0.05) is 42.0 Å². The summed E-state index contributed by atoms with van der Waals surface area (Å²) in [6.07, 6.45) is 1.30. The van der Waals surface area contributed by atoms with Gasteiger partial charge in [-0.2, -0.15) is 0 Å². The van der Waals surface area contributed by atoms with Crippen LogP contribution in [0.5, 0.6) is 5.75 Å². The predicted molar refractivity (Wildman–Crippen MR) is 157 cm³/mol. The SMILES string of the molecule is COc1ccccc1SCC1CC(c2ccc(CO)cc2)OC(c2ccc(CNC(=O)CCCCC(=O)O)cc2)O1. The number of carboxylic acid groups (broad SMARTS) is 1. The molecule has 0 spiro atoms. The molecule has 1 amide bonds. The zero-order valence-electron chi connectivity index (χ0n) is 23.2. The van der Waals surface area contributed by atoms with E-state index in [-0.39, 0.29) is 31.1 Å². The van der Waals surface area contributed by atoms with Gasteiger partial charge in [-0.3, -0.25) is 9.59 Å². The molecule has 0 saturated carbocycles. The largest absolute Gasteiger partial charge is 0.496 e. The molecule has 8 nitrogen and oxygen atoms in total. The maximum absolute atomic E-state index is 12.1. The topological polar surface area (TPSA) is 114 Å². The molecule has 9 heteroatoms. The highest BCUT2D eigenvalue weighted by atomic mass is 32.2. The van der Waals surface area contributed by atoms with Gasteiger partial charge in [-0.15, -0.1) is 11.8 Å². The van der Waals surface area contributed by atoms with Crippen molar-refractivity contribution in [1.29, 1.82) is 0 Å². The minimum Gasteiger partial charge on any atom is -0.496 e. The lowest BCUT2D eigenvalue weighted by Gasteiger charge is -2.36. The molecule has 41 heavy (non-hydrogen) atoms. The molecule has 3 aromatic rings. The number of benzene rings is 3. The van der Waals surface area contributed by atoms with Crippen LogP contribution in [-0.4, -0.2) is 41.1 Å². The van der Waals surface area contributed by atoms with Gasteiger partial charge in [0.05, 0.1) is 25.9 Å². The lowest BCUT2D eigenvalue weighted by Crippen LogP contribution is -2.31. The molecular weight excluding hydrogens is 542 g/mol. The second-order valence-electron chi connectivity index (χ2n) is 9.93. The number of nitrogens with one attached hydrogen (secondary N) is 1. The highest BCUT2D eigenvalue weighted by molar-refractivity contribution is 7.99. The van der Waals surface area contributed by atoms with Gasteiger partial charge >= 0.3 is 5.97 Å². The summed E-state index contributed by atoms with van der Waals surface area (Å²) in [7, 11) is 1.67. The molecule has 3 N–H and O–H groups in total. The molecule has 218 valence electrons. The Morgan fingerprint density at radius 2 is 1.61 bits per heavy atom. The molecule has 0 bridgehead atoms. The number of methoxy groups -OCH3 is 1. The maximum Gasteiger partial charge on any atom is 0.303 e. The van der Waals surface area contributed by atoms with Crippen LogP contribution in [0.3, 0.4) is 0 Å². The van der Waals surface area contributed by atoms with Crippen molar-refractivity contribution in [2.24, 2.45) is 0 Å². The first-order valence-corrected chi connectivity index (χ1v) is 14.8. The van der Waals surface area contributed by atoms with E-state index >= 15 is 0 Å². The molecular formula is C32H37NO7S. The number of aliphatic hydroxyl groups excluding tert-OH is 1. The van der Waals surface area contributed by atoms with Crippen molar-refractivity contribution in [2.45, 2.75) is 68.6 Å². The van der Waals surface area contributed by atoms with Gasteiger partial charge in [0.25, 0.3) is 0 Å². The van der Waals surface area contributed by atoms with E-state index in [0.717, 1.165) is 38.7 Å². The summed E-state index contributed by atoms with van der Waals surface area (Å²) in [6.45, 7) is 0.385. The van der Waals surface area contributed by atoms with Crippen molar-refractivity contribution < 1.29 is 34.0 Å². The van der Waals surface area contributed by atoms with Crippen molar-refractivity contribution in [3.8, 4) is 5.75 Å². The van der Waals surface area contributed by atoms with Crippen LogP contribution in [0, 0.1) is 0 Å². The molecule has 0 aromatic heterocycles. The average Bonchev–Trinajstić information content (AvgIpc) is 3.01. The first-order valence-electron chi connectivity index (χ1n) is 13.8. The first-order chi connectivity index (χ1) is 19.9. The fourth-order valence-corrected chi connectivity index (χ4v) is 5.64. The van der Waals surface area contributed by atoms with Crippen molar-refractivity contribution in [3.63, 3.8) is 0 Å². The van der Waals surface area contributed by atoms with E-state index in [0.29, 0.717) is 32.2 Å². The van der Waals surface area contributed by atoms with Crippen LogP contribution < -0.4 is 10.1 Å². The maximum atomic E-state index is 12.1. The van der Waals surface area contributed by atoms with Crippen LogP contribution in [0.15, 0.2) is 77.7 Å². The normalized spacial score (nSPS) is 18.5. The zero-order valence-corrected chi connectivity index (χ0v) is 24.0. The smallest absolute Gasteiger partial charge is 0.303 e. The number of amides is 1. The van der Waals surface area contributed by atoms with E-state index in [9.17, 15) is 14.7 Å². The number of unbranched alkanes of at least 4 members (excludes halogenated alkanes) is 1. The summed E-state index contributed by atoms with van der Waals surface area (Å²) in [5, 5.41) is 21.1. The number of carbonyl (C=O) groups is 2. The number of carbonyl (C=O) groups excluding carboxylic acids is 1. The summed E-state index contributed by atoms with van der Waals surface area (Å²) in [4.78, 5) is 23.8. The number of ether oxygens (including phenoxy) is 3. The summed E-state index contributed by atoms with van der Waals surface area (Å²) in [6, 6.07) is 23.6. The highest BCUT2D eigenvalue weighted by Crippen LogP contribution is 2.40. The molecule has 3 aromatic carbocycles. The van der Waals surface area contributed by atoms with Gasteiger partial charge in [-0.05, 0) is 41.7 Å². The number of thioether (sulfide) groups is 1. The van der Waals surface area contributed by atoms with Gasteiger partial charge in [0.1, 0.15) is 5.75 Å². The molecule has 1 aliphatic rings. The Kier molecular flexibility index (Phi) is 11.6. The number of carboxylic acids is 1. The second-order valence-corrected chi connectivity index (χ2v) is 11.0. The minimum atomic E-state index is -0.844. The van der Waals surface area contributed by atoms with Crippen LogP contribution >= 0.6 is 11.8 Å². The predicted octanol–water partition coefficient (Wildman–Crippen LogP) is 5.79. The minimum absolute atomic E-state index is 0.00671. The van der Waals surface area contributed by atoms with E-state index in [1.807, 2.05) is 72.8 Å². The Balaban J connectivity index is 1.40. The molecule has 1 heterocycles. The van der Waals surface area contributed by atoms with Crippen molar-refractivity contribution in [3.05, 3.63) is 95.1 Å². The van der Waals surface area contributed by atoms with Crippen molar-refractivity contribution in [2.75, 3.05) is 12.9 Å². The number of rotatable bonds is 14. The monoisotopic (exact) mass is 579 g/mol. The Morgan fingerprint density at radius 3 is 2.32 bits per heavy atom. The molecule has 0 radical (unpaired) electrons. The third-order valence-electron chi connectivity index (χ3n) is 6.89. The number of hydrogen-bond donors (Lipinski definition) is 3. The number of para-hydroxylation sites is 1. The van der Waals surface area contributed by atoms with E-state index in [4.69, 9.17) is 19.3 Å². The Bertz CT molecular complexity index is 1270. The Morgan fingerprint density at radius 1 is 0.927 bits per heavy atom. The fraction of sp³-hybridized carbons (Fsp3) is 0.375. The third-order valence-corrected chi connectivity index (χ3v) is 8.08. The van der Waals surface area contributed by atoms with E-state index < -0.39 is 12.3 Å². The van der Waals surface area contributed by atoms with Crippen molar-refractivity contribution >= 4 is 23.6 Å². The molecule has 4 rings (SSSR count). The molecule has 1 fully saturated rings. The molecule has 1 saturated heterocycles. The average molecular weight is 580 g/mol. The van der Waals surface area contributed by atoms with E-state index in [2.05, 4.69) is 5.32 Å². The van der Waals surface area contributed by atoms with Gasteiger partial charge < -0.3 is 29.7 Å². The third kappa shape index (κ3) is 9.33. The van der Waals surface area contributed by atoms with Crippen LogP contribution in [0.25, 0.3) is 0 Å².